The lowest BCUT2D eigenvalue weighted by Gasteiger charge is -2.15. The van der Waals surface area contributed by atoms with Gasteiger partial charge in [-0.05, 0) is 36.1 Å². The van der Waals surface area contributed by atoms with Crippen molar-refractivity contribution in [2.45, 2.75) is 26.6 Å². The van der Waals surface area contributed by atoms with Gasteiger partial charge in [0.05, 0.1) is 12.7 Å². The summed E-state index contributed by atoms with van der Waals surface area (Å²) in [6.07, 6.45) is -0.657. The number of hydrogen-bond acceptors (Lipinski definition) is 4. The van der Waals surface area contributed by atoms with Gasteiger partial charge in [0.1, 0.15) is 5.75 Å². The molecule has 0 N–H and O–H groups in total. The summed E-state index contributed by atoms with van der Waals surface area (Å²) in [5.74, 6) is 0.805. The zero-order chi connectivity index (χ0) is 16.7. The summed E-state index contributed by atoms with van der Waals surface area (Å²) in [4.78, 5) is 0. The molecular formula is C19H21NO3. The van der Waals surface area contributed by atoms with E-state index in [0.717, 1.165) is 28.0 Å². The second kappa shape index (κ2) is 8.33. The van der Waals surface area contributed by atoms with Crippen LogP contribution in [0, 0.1) is 25.2 Å². The summed E-state index contributed by atoms with van der Waals surface area (Å²) < 4.78 is 16.3. The number of rotatable bonds is 7. The number of hydrogen-bond donors (Lipinski definition) is 0. The molecule has 0 aliphatic heterocycles. The van der Waals surface area contributed by atoms with Crippen LogP contribution in [0.2, 0.25) is 0 Å². The molecule has 0 aromatic heterocycles. The van der Waals surface area contributed by atoms with Gasteiger partial charge in [-0.1, -0.05) is 42.5 Å². The average Bonchev–Trinajstić information content (AvgIpc) is 2.55. The zero-order valence-corrected chi connectivity index (χ0v) is 13.7. The van der Waals surface area contributed by atoms with E-state index in [2.05, 4.69) is 6.07 Å². The quantitative estimate of drug-likeness (QED) is 0.723. The molecule has 1 unspecified atom stereocenters. The molecule has 0 amide bonds. The molecular weight excluding hydrogens is 290 g/mol. The van der Waals surface area contributed by atoms with Gasteiger partial charge < -0.3 is 14.2 Å². The number of para-hydroxylation sites is 1. The minimum absolute atomic E-state index is 0.0315. The third kappa shape index (κ3) is 4.56. The van der Waals surface area contributed by atoms with Crippen molar-refractivity contribution in [1.29, 1.82) is 5.26 Å². The minimum atomic E-state index is -0.657. The average molecular weight is 311 g/mol. The van der Waals surface area contributed by atoms with Crippen molar-refractivity contribution in [2.75, 3.05) is 13.9 Å². The fourth-order valence-electron chi connectivity index (χ4n) is 2.35. The maximum Gasteiger partial charge on any atom is 0.191 e. The Morgan fingerprint density at radius 1 is 1.04 bits per heavy atom. The second-order valence-electron chi connectivity index (χ2n) is 5.33. The molecule has 0 spiro atoms. The summed E-state index contributed by atoms with van der Waals surface area (Å²) in [6, 6.07) is 15.7. The summed E-state index contributed by atoms with van der Waals surface area (Å²) in [5.41, 5.74) is 3.95. The van der Waals surface area contributed by atoms with E-state index >= 15 is 0 Å². The Morgan fingerprint density at radius 3 is 2.26 bits per heavy atom. The van der Waals surface area contributed by atoms with Crippen molar-refractivity contribution in [2.24, 2.45) is 0 Å². The third-order valence-electron chi connectivity index (χ3n) is 3.56. The molecule has 4 nitrogen and oxygen atoms in total. The Morgan fingerprint density at radius 2 is 1.70 bits per heavy atom. The lowest BCUT2D eigenvalue weighted by Crippen LogP contribution is -2.09. The summed E-state index contributed by atoms with van der Waals surface area (Å²) in [7, 11) is 1.65. The molecule has 0 aliphatic carbocycles. The molecule has 2 aromatic carbocycles. The predicted octanol–water partition coefficient (Wildman–Crippen LogP) is 4.07. The van der Waals surface area contributed by atoms with E-state index in [9.17, 15) is 5.26 Å². The molecule has 0 aliphatic rings. The largest absolute Gasteiger partial charge is 0.467 e. The van der Waals surface area contributed by atoms with Crippen LogP contribution in [0.25, 0.3) is 0 Å². The molecule has 0 saturated carbocycles. The van der Waals surface area contributed by atoms with E-state index in [0.29, 0.717) is 6.61 Å². The van der Waals surface area contributed by atoms with Crippen molar-refractivity contribution >= 4 is 0 Å². The highest BCUT2D eigenvalue weighted by Gasteiger charge is 2.12. The van der Waals surface area contributed by atoms with Gasteiger partial charge in [0, 0.05) is 7.11 Å². The SMILES string of the molecule is COCc1ccc(C(C#N)OCOc2c(C)cccc2C)cc1. The molecule has 120 valence electrons. The number of benzene rings is 2. The van der Waals surface area contributed by atoms with Crippen LogP contribution in [0.4, 0.5) is 0 Å². The van der Waals surface area contributed by atoms with Crippen LogP contribution in [-0.4, -0.2) is 13.9 Å². The Kier molecular flexibility index (Phi) is 6.16. The molecule has 0 radical (unpaired) electrons. The fraction of sp³-hybridized carbons (Fsp3) is 0.316. The highest BCUT2D eigenvalue weighted by Crippen LogP contribution is 2.23. The minimum Gasteiger partial charge on any atom is -0.467 e. The van der Waals surface area contributed by atoms with E-state index in [1.807, 2.05) is 56.3 Å². The zero-order valence-electron chi connectivity index (χ0n) is 13.7. The van der Waals surface area contributed by atoms with Crippen LogP contribution in [0.3, 0.4) is 0 Å². The number of ether oxygens (including phenoxy) is 3. The van der Waals surface area contributed by atoms with E-state index in [4.69, 9.17) is 14.2 Å². The van der Waals surface area contributed by atoms with Crippen LogP contribution in [0.1, 0.15) is 28.4 Å². The van der Waals surface area contributed by atoms with Crippen molar-refractivity contribution in [3.63, 3.8) is 0 Å². The molecule has 0 fully saturated rings. The van der Waals surface area contributed by atoms with Crippen molar-refractivity contribution in [1.82, 2.24) is 0 Å². The second-order valence-corrected chi connectivity index (χ2v) is 5.33. The van der Waals surface area contributed by atoms with Crippen molar-refractivity contribution in [3.8, 4) is 11.8 Å². The lowest BCUT2D eigenvalue weighted by atomic mass is 10.1. The first kappa shape index (κ1) is 17.0. The van der Waals surface area contributed by atoms with E-state index < -0.39 is 6.10 Å². The van der Waals surface area contributed by atoms with Gasteiger partial charge in [0.25, 0.3) is 0 Å². The van der Waals surface area contributed by atoms with E-state index in [1.165, 1.54) is 0 Å². The molecule has 2 rings (SSSR count). The summed E-state index contributed by atoms with van der Waals surface area (Å²) in [5, 5.41) is 9.30. The first-order valence-corrected chi connectivity index (χ1v) is 7.43. The van der Waals surface area contributed by atoms with Crippen LogP contribution in [0.15, 0.2) is 42.5 Å². The van der Waals surface area contributed by atoms with Gasteiger partial charge in [0.2, 0.25) is 0 Å². The first-order valence-electron chi connectivity index (χ1n) is 7.43. The molecule has 1 atom stereocenters. The fourth-order valence-corrected chi connectivity index (χ4v) is 2.35. The third-order valence-corrected chi connectivity index (χ3v) is 3.56. The molecule has 2 aromatic rings. The molecule has 23 heavy (non-hydrogen) atoms. The Balaban J connectivity index is 1.96. The van der Waals surface area contributed by atoms with Crippen LogP contribution >= 0.6 is 0 Å². The Hall–Kier alpha value is -2.35. The lowest BCUT2D eigenvalue weighted by molar-refractivity contribution is -0.0145. The number of aryl methyl sites for hydroxylation is 2. The highest BCUT2D eigenvalue weighted by molar-refractivity contribution is 5.39. The molecule has 0 heterocycles. The van der Waals surface area contributed by atoms with Gasteiger partial charge in [-0.3, -0.25) is 0 Å². The number of nitrogens with zero attached hydrogens (tertiary/aromatic N) is 1. The summed E-state index contributed by atoms with van der Waals surface area (Å²) >= 11 is 0. The molecule has 4 heteroatoms. The van der Waals surface area contributed by atoms with Crippen LogP contribution in [0.5, 0.6) is 5.75 Å². The maximum absolute atomic E-state index is 9.30. The smallest absolute Gasteiger partial charge is 0.191 e. The molecule has 0 saturated heterocycles. The molecule has 0 bridgehead atoms. The normalized spacial score (nSPS) is 11.7. The van der Waals surface area contributed by atoms with Crippen molar-refractivity contribution in [3.05, 3.63) is 64.7 Å². The van der Waals surface area contributed by atoms with Crippen LogP contribution in [-0.2, 0) is 16.1 Å². The Labute approximate surface area is 137 Å². The van der Waals surface area contributed by atoms with Gasteiger partial charge in [0.15, 0.2) is 12.9 Å². The standard InChI is InChI=1S/C19H21NO3/c1-14-5-4-6-15(2)19(14)23-13-22-18(11-20)17-9-7-16(8-10-17)12-21-3/h4-10,18H,12-13H2,1-3H3. The number of methoxy groups -OCH3 is 1. The van der Waals surface area contributed by atoms with Gasteiger partial charge in [-0.25, -0.2) is 0 Å². The van der Waals surface area contributed by atoms with Gasteiger partial charge in [-0.2, -0.15) is 5.26 Å². The first-order chi connectivity index (χ1) is 11.2. The van der Waals surface area contributed by atoms with E-state index in [-0.39, 0.29) is 6.79 Å². The Bertz CT molecular complexity index is 654. The summed E-state index contributed by atoms with van der Waals surface area (Å²) in [6.45, 7) is 4.55. The predicted molar refractivity (Wildman–Crippen MR) is 88.0 cm³/mol. The van der Waals surface area contributed by atoms with Crippen molar-refractivity contribution < 1.29 is 14.2 Å². The van der Waals surface area contributed by atoms with Gasteiger partial charge >= 0.3 is 0 Å². The van der Waals surface area contributed by atoms with Gasteiger partial charge in [-0.15, -0.1) is 0 Å². The van der Waals surface area contributed by atoms with E-state index in [1.54, 1.807) is 7.11 Å². The topological polar surface area (TPSA) is 51.5 Å². The number of nitriles is 1. The highest BCUT2D eigenvalue weighted by atomic mass is 16.7. The monoisotopic (exact) mass is 311 g/mol. The van der Waals surface area contributed by atoms with Crippen LogP contribution < -0.4 is 4.74 Å². The maximum atomic E-state index is 9.30.